The van der Waals surface area contributed by atoms with E-state index in [1.54, 1.807) is 16.4 Å². The van der Waals surface area contributed by atoms with Crippen LogP contribution < -0.4 is 4.90 Å². The molecule has 1 aliphatic rings. The average Bonchev–Trinajstić information content (AvgIpc) is 3.09. The number of aryl methyl sites for hydroxylation is 3. The summed E-state index contributed by atoms with van der Waals surface area (Å²) >= 11 is 1.74. The first-order valence-corrected chi connectivity index (χ1v) is 10.9. The Kier molecular flexibility index (Phi) is 5.71. The SMILES string of the molecule is Cc1ccc(SCCC(=O)N2CCN(c3nc(C)nc4c3cnn4C)CC2)cc1. The van der Waals surface area contributed by atoms with Crippen molar-refractivity contribution in [1.29, 1.82) is 0 Å². The number of amides is 1. The van der Waals surface area contributed by atoms with Crippen LogP contribution in [0.3, 0.4) is 0 Å². The van der Waals surface area contributed by atoms with Crippen molar-refractivity contribution >= 4 is 34.5 Å². The van der Waals surface area contributed by atoms with Gasteiger partial charge in [0.15, 0.2) is 5.65 Å². The number of hydrogen-bond donors (Lipinski definition) is 0. The lowest BCUT2D eigenvalue weighted by molar-refractivity contribution is -0.131. The topological polar surface area (TPSA) is 67.2 Å². The van der Waals surface area contributed by atoms with Gasteiger partial charge in [0.25, 0.3) is 0 Å². The van der Waals surface area contributed by atoms with Gasteiger partial charge in [0.1, 0.15) is 11.6 Å². The van der Waals surface area contributed by atoms with Gasteiger partial charge in [0.2, 0.25) is 5.91 Å². The van der Waals surface area contributed by atoms with Crippen LogP contribution in [0.15, 0.2) is 35.4 Å². The minimum absolute atomic E-state index is 0.231. The molecule has 4 rings (SSSR count). The lowest BCUT2D eigenvalue weighted by atomic mass is 10.2. The highest BCUT2D eigenvalue weighted by Gasteiger charge is 2.24. The second-order valence-electron chi connectivity index (χ2n) is 7.38. The van der Waals surface area contributed by atoms with Crippen molar-refractivity contribution in [3.63, 3.8) is 0 Å². The molecule has 0 saturated carbocycles. The van der Waals surface area contributed by atoms with Crippen molar-refractivity contribution in [2.45, 2.75) is 25.2 Å². The van der Waals surface area contributed by atoms with Crippen LogP contribution in [0.4, 0.5) is 5.82 Å². The summed E-state index contributed by atoms with van der Waals surface area (Å²) in [6, 6.07) is 8.45. The van der Waals surface area contributed by atoms with E-state index in [4.69, 9.17) is 0 Å². The van der Waals surface area contributed by atoms with Crippen molar-refractivity contribution in [2.24, 2.45) is 7.05 Å². The molecule has 0 bridgehead atoms. The van der Waals surface area contributed by atoms with E-state index in [1.807, 2.05) is 25.1 Å². The summed E-state index contributed by atoms with van der Waals surface area (Å²) in [5, 5.41) is 5.28. The summed E-state index contributed by atoms with van der Waals surface area (Å²) in [6.07, 6.45) is 2.39. The second kappa shape index (κ2) is 8.41. The number of nitrogens with zero attached hydrogens (tertiary/aromatic N) is 6. The molecule has 0 spiro atoms. The zero-order chi connectivity index (χ0) is 20.4. The van der Waals surface area contributed by atoms with Crippen molar-refractivity contribution < 1.29 is 4.79 Å². The van der Waals surface area contributed by atoms with Crippen LogP contribution in [0.5, 0.6) is 0 Å². The smallest absolute Gasteiger partial charge is 0.223 e. The van der Waals surface area contributed by atoms with Crippen LogP contribution in [0, 0.1) is 13.8 Å². The molecule has 2 aromatic heterocycles. The number of aromatic nitrogens is 4. The molecule has 1 amide bonds. The Morgan fingerprint density at radius 3 is 2.52 bits per heavy atom. The van der Waals surface area contributed by atoms with Crippen LogP contribution in [0.25, 0.3) is 11.0 Å². The fraction of sp³-hybridized carbons (Fsp3) is 0.429. The molecule has 29 heavy (non-hydrogen) atoms. The van der Waals surface area contributed by atoms with Gasteiger partial charge < -0.3 is 9.80 Å². The molecule has 0 atom stereocenters. The highest BCUT2D eigenvalue weighted by Crippen LogP contribution is 2.25. The minimum Gasteiger partial charge on any atom is -0.352 e. The molecule has 0 aliphatic carbocycles. The number of carbonyl (C=O) groups is 1. The first-order chi connectivity index (χ1) is 14.0. The summed E-state index contributed by atoms with van der Waals surface area (Å²) < 4.78 is 1.78. The first kappa shape index (κ1) is 19.7. The number of rotatable bonds is 5. The van der Waals surface area contributed by atoms with Gasteiger partial charge in [-0.3, -0.25) is 9.48 Å². The van der Waals surface area contributed by atoms with Crippen molar-refractivity contribution in [2.75, 3.05) is 36.8 Å². The van der Waals surface area contributed by atoms with Gasteiger partial charge in [-0.05, 0) is 26.0 Å². The normalized spacial score (nSPS) is 14.6. The van der Waals surface area contributed by atoms with E-state index in [0.29, 0.717) is 6.42 Å². The maximum Gasteiger partial charge on any atom is 0.223 e. The Morgan fingerprint density at radius 1 is 1.07 bits per heavy atom. The Hall–Kier alpha value is -2.61. The fourth-order valence-electron chi connectivity index (χ4n) is 3.57. The Morgan fingerprint density at radius 2 is 1.79 bits per heavy atom. The van der Waals surface area contributed by atoms with E-state index in [-0.39, 0.29) is 5.91 Å². The molecule has 7 nitrogen and oxygen atoms in total. The van der Waals surface area contributed by atoms with Gasteiger partial charge in [-0.15, -0.1) is 11.8 Å². The molecule has 1 aromatic carbocycles. The maximum absolute atomic E-state index is 12.6. The molecule has 0 radical (unpaired) electrons. The summed E-state index contributed by atoms with van der Waals surface area (Å²) in [6.45, 7) is 6.98. The van der Waals surface area contributed by atoms with Crippen molar-refractivity contribution in [3.8, 4) is 0 Å². The van der Waals surface area contributed by atoms with Gasteiger partial charge >= 0.3 is 0 Å². The summed E-state index contributed by atoms with van der Waals surface area (Å²) in [4.78, 5) is 27.2. The molecule has 152 valence electrons. The van der Waals surface area contributed by atoms with E-state index in [1.165, 1.54) is 10.5 Å². The largest absolute Gasteiger partial charge is 0.352 e. The second-order valence-corrected chi connectivity index (χ2v) is 8.55. The lowest BCUT2D eigenvalue weighted by Crippen LogP contribution is -2.49. The Balaban J connectivity index is 1.32. The number of piperazine rings is 1. The third kappa shape index (κ3) is 4.37. The lowest BCUT2D eigenvalue weighted by Gasteiger charge is -2.35. The van der Waals surface area contributed by atoms with E-state index < -0.39 is 0 Å². The zero-order valence-electron chi connectivity index (χ0n) is 17.1. The molecule has 0 unspecified atom stereocenters. The zero-order valence-corrected chi connectivity index (χ0v) is 17.9. The Labute approximate surface area is 175 Å². The molecule has 1 fully saturated rings. The van der Waals surface area contributed by atoms with Gasteiger partial charge in [0.05, 0.1) is 11.6 Å². The third-order valence-corrected chi connectivity index (χ3v) is 6.24. The minimum atomic E-state index is 0.231. The first-order valence-electron chi connectivity index (χ1n) is 9.90. The predicted octanol–water partition coefficient (Wildman–Crippen LogP) is 2.81. The maximum atomic E-state index is 12.6. The number of hydrogen-bond acceptors (Lipinski definition) is 6. The van der Waals surface area contributed by atoms with E-state index in [2.05, 4.69) is 51.2 Å². The number of carbonyl (C=O) groups excluding carboxylic acids is 1. The van der Waals surface area contributed by atoms with E-state index >= 15 is 0 Å². The molecule has 3 heterocycles. The molecular weight excluding hydrogens is 384 g/mol. The molecular formula is C21H26N6OS. The third-order valence-electron chi connectivity index (χ3n) is 5.22. The summed E-state index contributed by atoms with van der Waals surface area (Å²) in [7, 11) is 1.89. The van der Waals surface area contributed by atoms with Crippen LogP contribution >= 0.6 is 11.8 Å². The van der Waals surface area contributed by atoms with Crippen LogP contribution in [-0.4, -0.2) is 62.5 Å². The standard InChI is InChI=1S/C21H26N6OS/c1-15-4-6-17(7-5-15)29-13-8-19(28)26-9-11-27(12-10-26)21-18-14-22-25(3)20(18)23-16(2)24-21/h4-7,14H,8-13H2,1-3H3. The molecule has 1 saturated heterocycles. The van der Waals surface area contributed by atoms with Gasteiger partial charge in [-0.25, -0.2) is 9.97 Å². The van der Waals surface area contributed by atoms with Gasteiger partial charge in [0, 0.05) is 50.3 Å². The summed E-state index contributed by atoms with van der Waals surface area (Å²) in [5.41, 5.74) is 2.10. The molecule has 0 N–H and O–H groups in total. The van der Waals surface area contributed by atoms with Crippen molar-refractivity contribution in [3.05, 3.63) is 41.9 Å². The number of benzene rings is 1. The average molecular weight is 411 g/mol. The fourth-order valence-corrected chi connectivity index (χ4v) is 4.41. The monoisotopic (exact) mass is 410 g/mol. The Bertz CT molecular complexity index is 1010. The number of thioether (sulfide) groups is 1. The van der Waals surface area contributed by atoms with E-state index in [0.717, 1.165) is 54.6 Å². The van der Waals surface area contributed by atoms with Crippen LogP contribution in [-0.2, 0) is 11.8 Å². The van der Waals surface area contributed by atoms with Crippen molar-refractivity contribution in [1.82, 2.24) is 24.6 Å². The highest BCUT2D eigenvalue weighted by molar-refractivity contribution is 7.99. The molecule has 3 aromatic rings. The molecule has 8 heteroatoms. The number of anilines is 1. The van der Waals surface area contributed by atoms with Gasteiger partial charge in [-0.2, -0.15) is 5.10 Å². The van der Waals surface area contributed by atoms with E-state index in [9.17, 15) is 4.79 Å². The van der Waals surface area contributed by atoms with Crippen LogP contribution in [0.2, 0.25) is 0 Å². The highest BCUT2D eigenvalue weighted by atomic mass is 32.2. The quantitative estimate of drug-likeness (QED) is 0.603. The number of fused-ring (bicyclic) bond motifs is 1. The van der Waals surface area contributed by atoms with Crippen LogP contribution in [0.1, 0.15) is 17.8 Å². The predicted molar refractivity (Wildman–Crippen MR) is 116 cm³/mol. The molecule has 1 aliphatic heterocycles. The summed E-state index contributed by atoms with van der Waals surface area (Å²) in [5.74, 6) is 2.70. The van der Waals surface area contributed by atoms with Gasteiger partial charge in [-0.1, -0.05) is 17.7 Å².